The number of carboxylic acids is 4. The van der Waals surface area contributed by atoms with Crippen LogP contribution in [0.25, 0.3) is 0 Å². The zero-order valence-electron chi connectivity index (χ0n) is 22.1. The Balaban J connectivity index is 2.15. The van der Waals surface area contributed by atoms with Crippen molar-refractivity contribution in [2.45, 2.75) is 24.9 Å². The Morgan fingerprint density at radius 1 is 0.625 bits per heavy atom. The molecule has 0 saturated carbocycles. The largest absolute Gasteiger partial charge is 0.480 e. The van der Waals surface area contributed by atoms with E-state index in [1.54, 1.807) is 0 Å². The third-order valence-corrected chi connectivity index (χ3v) is 6.07. The van der Waals surface area contributed by atoms with Crippen molar-refractivity contribution in [3.05, 3.63) is 71.8 Å². The van der Waals surface area contributed by atoms with E-state index in [1.807, 2.05) is 60.7 Å². The quantitative estimate of drug-likeness (QED) is 0.161. The summed E-state index contributed by atoms with van der Waals surface area (Å²) in [6.45, 7) is -1.98. The highest BCUT2D eigenvalue weighted by molar-refractivity contribution is 5.78. The molecule has 2 unspecified atom stereocenters. The fraction of sp³-hybridized carbons (Fsp3) is 0.429. The molecule has 0 aliphatic heterocycles. The molecule has 12 nitrogen and oxygen atoms in total. The number of hydrogen-bond acceptors (Lipinski definition) is 8. The van der Waals surface area contributed by atoms with Gasteiger partial charge in [-0.25, -0.2) is 0 Å². The lowest BCUT2D eigenvalue weighted by atomic mass is 10.1. The number of nitrogens with zero attached hydrogens (tertiary/aromatic N) is 2. The normalized spacial score (nSPS) is 12.8. The number of ether oxygens (including phenoxy) is 2. The standard InChI is InChI=1S/C28H36N2O10/c31-25(32)17-29(18-26(33)34)13-14-30(23(27(35)36)19-39-15-11-21-7-3-1-4-8-21)24(28(37)38)20-40-16-12-22-9-5-2-6-10-22/h1-10,23-24H,11-20H2,(H,31,32)(H,33,34)(H,35,36)(H,37,38). The fourth-order valence-corrected chi connectivity index (χ4v) is 4.06. The predicted octanol–water partition coefficient (Wildman–Crippen LogP) is 1.18. The predicted molar refractivity (Wildman–Crippen MR) is 143 cm³/mol. The summed E-state index contributed by atoms with van der Waals surface area (Å²) in [5.74, 6) is -5.21. The molecular formula is C28H36N2O10. The van der Waals surface area contributed by atoms with Crippen LogP contribution in [0.5, 0.6) is 0 Å². The monoisotopic (exact) mass is 560 g/mol. The molecule has 2 aromatic rings. The van der Waals surface area contributed by atoms with Gasteiger partial charge >= 0.3 is 23.9 Å². The molecule has 40 heavy (non-hydrogen) atoms. The Morgan fingerprint density at radius 3 is 1.38 bits per heavy atom. The van der Waals surface area contributed by atoms with Gasteiger partial charge in [0.25, 0.3) is 0 Å². The Morgan fingerprint density at radius 2 is 1.02 bits per heavy atom. The van der Waals surface area contributed by atoms with E-state index in [-0.39, 0.29) is 39.5 Å². The Kier molecular flexibility index (Phi) is 14.3. The zero-order valence-corrected chi connectivity index (χ0v) is 22.1. The number of benzene rings is 2. The minimum Gasteiger partial charge on any atom is -0.480 e. The molecule has 0 aliphatic carbocycles. The van der Waals surface area contributed by atoms with Crippen LogP contribution in [0, 0.1) is 0 Å². The van der Waals surface area contributed by atoms with Gasteiger partial charge < -0.3 is 29.9 Å². The molecule has 0 aliphatic rings. The van der Waals surface area contributed by atoms with E-state index in [0.29, 0.717) is 12.8 Å². The lowest BCUT2D eigenvalue weighted by Crippen LogP contribution is -2.56. The molecule has 2 atom stereocenters. The van der Waals surface area contributed by atoms with Crippen molar-refractivity contribution in [2.24, 2.45) is 0 Å². The van der Waals surface area contributed by atoms with Crippen LogP contribution in [0.15, 0.2) is 60.7 Å². The number of hydrogen-bond donors (Lipinski definition) is 4. The van der Waals surface area contributed by atoms with Crippen LogP contribution in [-0.2, 0) is 41.5 Å². The van der Waals surface area contributed by atoms with Gasteiger partial charge in [-0.05, 0) is 24.0 Å². The SMILES string of the molecule is O=C(O)CN(CCN(C(COCCc1ccccc1)C(=O)O)C(COCCc1ccccc1)C(=O)O)CC(=O)O. The smallest absolute Gasteiger partial charge is 0.323 e. The maximum absolute atomic E-state index is 12.3. The van der Waals surface area contributed by atoms with E-state index < -0.39 is 49.1 Å². The van der Waals surface area contributed by atoms with Gasteiger partial charge in [0.1, 0.15) is 12.1 Å². The number of carboxylic acid groups (broad SMARTS) is 4. The highest BCUT2D eigenvalue weighted by Crippen LogP contribution is 2.12. The van der Waals surface area contributed by atoms with Gasteiger partial charge in [0.05, 0.1) is 39.5 Å². The summed E-state index contributed by atoms with van der Waals surface area (Å²) >= 11 is 0. The van der Waals surface area contributed by atoms with Crippen molar-refractivity contribution in [3.8, 4) is 0 Å². The number of carbonyl (C=O) groups is 4. The first kappa shape index (κ1) is 32.4. The van der Waals surface area contributed by atoms with Crippen LogP contribution in [0.2, 0.25) is 0 Å². The molecule has 218 valence electrons. The van der Waals surface area contributed by atoms with Crippen LogP contribution in [0.1, 0.15) is 11.1 Å². The molecule has 0 aromatic heterocycles. The summed E-state index contributed by atoms with van der Waals surface area (Å²) in [5.41, 5.74) is 1.97. The molecule has 12 heteroatoms. The topological polar surface area (TPSA) is 174 Å². The van der Waals surface area contributed by atoms with E-state index in [4.69, 9.17) is 19.7 Å². The molecule has 0 heterocycles. The average Bonchev–Trinajstić information content (AvgIpc) is 2.90. The minimum absolute atomic E-state index is 0.192. The van der Waals surface area contributed by atoms with Gasteiger partial charge in [0.15, 0.2) is 0 Å². The summed E-state index contributed by atoms with van der Waals surface area (Å²) in [7, 11) is 0. The lowest BCUT2D eigenvalue weighted by molar-refractivity contribution is -0.156. The summed E-state index contributed by atoms with van der Waals surface area (Å²) in [4.78, 5) is 49.3. The second kappa shape index (κ2) is 17.7. The van der Waals surface area contributed by atoms with E-state index in [2.05, 4.69) is 0 Å². The highest BCUT2D eigenvalue weighted by Gasteiger charge is 2.36. The van der Waals surface area contributed by atoms with Gasteiger partial charge in [0.2, 0.25) is 0 Å². The average molecular weight is 561 g/mol. The lowest BCUT2D eigenvalue weighted by Gasteiger charge is -2.35. The molecule has 0 saturated heterocycles. The van der Waals surface area contributed by atoms with Crippen LogP contribution in [0.3, 0.4) is 0 Å². The number of rotatable bonds is 21. The molecule has 2 aromatic carbocycles. The van der Waals surface area contributed by atoms with Crippen LogP contribution in [0.4, 0.5) is 0 Å². The highest BCUT2D eigenvalue weighted by atomic mass is 16.5. The van der Waals surface area contributed by atoms with Crippen molar-refractivity contribution in [1.29, 1.82) is 0 Å². The second-order valence-electron chi connectivity index (χ2n) is 9.07. The number of aliphatic carboxylic acids is 4. The van der Waals surface area contributed by atoms with Crippen LogP contribution < -0.4 is 0 Å². The molecule has 0 bridgehead atoms. The van der Waals surface area contributed by atoms with Crippen LogP contribution in [-0.4, -0.2) is 119 Å². The Hall–Kier alpha value is -3.84. The van der Waals surface area contributed by atoms with Crippen molar-refractivity contribution < 1.29 is 49.1 Å². The van der Waals surface area contributed by atoms with E-state index in [1.165, 1.54) is 0 Å². The van der Waals surface area contributed by atoms with Crippen molar-refractivity contribution in [1.82, 2.24) is 9.80 Å². The molecule has 0 amide bonds. The molecule has 4 N–H and O–H groups in total. The van der Waals surface area contributed by atoms with Gasteiger partial charge in [-0.15, -0.1) is 0 Å². The van der Waals surface area contributed by atoms with E-state index >= 15 is 0 Å². The van der Waals surface area contributed by atoms with Crippen molar-refractivity contribution in [3.63, 3.8) is 0 Å². The van der Waals surface area contributed by atoms with Gasteiger partial charge in [0, 0.05) is 13.1 Å². The maximum atomic E-state index is 12.3. The van der Waals surface area contributed by atoms with Crippen LogP contribution >= 0.6 is 0 Å². The molecule has 2 rings (SSSR count). The maximum Gasteiger partial charge on any atom is 0.323 e. The third-order valence-electron chi connectivity index (χ3n) is 6.07. The van der Waals surface area contributed by atoms with E-state index in [0.717, 1.165) is 20.9 Å². The van der Waals surface area contributed by atoms with Crippen molar-refractivity contribution in [2.75, 3.05) is 52.6 Å². The van der Waals surface area contributed by atoms with E-state index in [9.17, 15) is 29.4 Å². The zero-order chi connectivity index (χ0) is 29.3. The molecule has 0 spiro atoms. The molecule has 0 radical (unpaired) electrons. The first-order valence-corrected chi connectivity index (χ1v) is 12.8. The summed E-state index contributed by atoms with van der Waals surface area (Å²) in [6.07, 6.45) is 1.03. The van der Waals surface area contributed by atoms with Crippen molar-refractivity contribution >= 4 is 23.9 Å². The molecule has 0 fully saturated rings. The second-order valence-corrected chi connectivity index (χ2v) is 9.07. The summed E-state index contributed by atoms with van der Waals surface area (Å²) < 4.78 is 11.3. The molecular weight excluding hydrogens is 524 g/mol. The van der Waals surface area contributed by atoms with Gasteiger partial charge in [-0.3, -0.25) is 29.0 Å². The summed E-state index contributed by atoms with van der Waals surface area (Å²) in [5, 5.41) is 38.3. The minimum atomic E-state index is -1.41. The first-order valence-electron chi connectivity index (χ1n) is 12.8. The third kappa shape index (κ3) is 12.3. The Labute approximate surface area is 232 Å². The van der Waals surface area contributed by atoms with Gasteiger partial charge in [-0.2, -0.15) is 0 Å². The fourth-order valence-electron chi connectivity index (χ4n) is 4.06. The van der Waals surface area contributed by atoms with Gasteiger partial charge in [-0.1, -0.05) is 60.7 Å². The first-order chi connectivity index (χ1) is 19.2. The summed E-state index contributed by atoms with van der Waals surface area (Å²) in [6, 6.07) is 16.0. The Bertz CT molecular complexity index is 986.